The third kappa shape index (κ3) is 4.44. The number of nitrogens with one attached hydrogen (secondary N) is 1. The third-order valence-corrected chi connectivity index (χ3v) is 3.71. The molecule has 2 rings (SSSR count). The highest BCUT2D eigenvalue weighted by molar-refractivity contribution is 5.75. The van der Waals surface area contributed by atoms with Gasteiger partial charge in [-0.1, -0.05) is 12.1 Å². The van der Waals surface area contributed by atoms with Crippen LogP contribution in [0, 0.1) is 11.7 Å². The first-order chi connectivity index (χ1) is 10.1. The summed E-state index contributed by atoms with van der Waals surface area (Å²) in [6.45, 7) is 1.35. The number of hydrogen-bond acceptors (Lipinski definition) is 2. The molecule has 0 radical (unpaired) electrons. The second-order valence-corrected chi connectivity index (χ2v) is 5.21. The van der Waals surface area contributed by atoms with Gasteiger partial charge in [0.15, 0.2) is 0 Å². The molecule has 0 aromatic heterocycles. The summed E-state index contributed by atoms with van der Waals surface area (Å²) in [5.41, 5.74) is 0.833. The minimum absolute atomic E-state index is 0.185. The fraction of sp³-hybridized carbons (Fsp3) is 0.467. The number of benzene rings is 1. The number of rotatable bonds is 4. The maximum Gasteiger partial charge on any atom is 0.317 e. The van der Waals surface area contributed by atoms with Gasteiger partial charge in [0.25, 0.3) is 0 Å². The molecule has 1 fully saturated rings. The molecular weight excluding hydrogens is 275 g/mol. The highest BCUT2D eigenvalue weighted by atomic mass is 19.1. The van der Waals surface area contributed by atoms with Gasteiger partial charge in [0.1, 0.15) is 5.82 Å². The van der Waals surface area contributed by atoms with Crippen LogP contribution in [-0.2, 0) is 11.2 Å². The molecule has 6 heteroatoms. The van der Waals surface area contributed by atoms with Crippen LogP contribution in [0.5, 0.6) is 0 Å². The van der Waals surface area contributed by atoms with E-state index < -0.39 is 5.97 Å². The van der Waals surface area contributed by atoms with E-state index in [1.807, 2.05) is 6.07 Å². The van der Waals surface area contributed by atoms with Crippen LogP contribution in [0.2, 0.25) is 0 Å². The lowest BCUT2D eigenvalue weighted by molar-refractivity contribution is -0.143. The Balaban J connectivity index is 1.72. The lowest BCUT2D eigenvalue weighted by atomic mass is 9.97. The summed E-state index contributed by atoms with van der Waals surface area (Å²) < 4.78 is 13.0. The zero-order valence-electron chi connectivity index (χ0n) is 11.7. The zero-order valence-corrected chi connectivity index (χ0v) is 11.7. The van der Waals surface area contributed by atoms with E-state index in [1.54, 1.807) is 11.0 Å². The summed E-state index contributed by atoms with van der Waals surface area (Å²) in [5, 5.41) is 11.7. The maximum atomic E-state index is 13.0. The number of carbonyl (C=O) groups is 2. The Bertz CT molecular complexity index is 513. The van der Waals surface area contributed by atoms with Crippen LogP contribution < -0.4 is 5.32 Å². The van der Waals surface area contributed by atoms with Crippen LogP contribution in [0.4, 0.5) is 9.18 Å². The second-order valence-electron chi connectivity index (χ2n) is 5.21. The zero-order chi connectivity index (χ0) is 15.2. The molecule has 0 atom stereocenters. The Hall–Kier alpha value is -2.11. The predicted molar refractivity (Wildman–Crippen MR) is 75.4 cm³/mol. The van der Waals surface area contributed by atoms with Gasteiger partial charge < -0.3 is 15.3 Å². The minimum atomic E-state index is -0.791. The van der Waals surface area contributed by atoms with Crippen molar-refractivity contribution >= 4 is 12.0 Å². The summed E-state index contributed by atoms with van der Waals surface area (Å²) in [6.07, 6.45) is 1.55. The Morgan fingerprint density at radius 1 is 1.33 bits per heavy atom. The molecule has 5 nitrogen and oxygen atoms in total. The average Bonchev–Trinajstić information content (AvgIpc) is 2.47. The van der Waals surface area contributed by atoms with Crippen molar-refractivity contribution in [3.63, 3.8) is 0 Å². The smallest absolute Gasteiger partial charge is 0.317 e. The van der Waals surface area contributed by atoms with E-state index in [2.05, 4.69) is 5.32 Å². The number of likely N-dealkylation sites (tertiary alicyclic amines) is 1. The van der Waals surface area contributed by atoms with E-state index in [-0.39, 0.29) is 17.8 Å². The summed E-state index contributed by atoms with van der Waals surface area (Å²) >= 11 is 0. The molecule has 1 aromatic carbocycles. The number of urea groups is 1. The van der Waals surface area contributed by atoms with Gasteiger partial charge in [-0.05, 0) is 37.0 Å². The van der Waals surface area contributed by atoms with Crippen LogP contribution in [0.25, 0.3) is 0 Å². The molecule has 1 heterocycles. The molecule has 1 aliphatic rings. The number of piperidine rings is 1. The van der Waals surface area contributed by atoms with Crippen molar-refractivity contribution in [3.05, 3.63) is 35.6 Å². The number of carboxylic acid groups (broad SMARTS) is 1. The first-order valence-electron chi connectivity index (χ1n) is 7.06. The van der Waals surface area contributed by atoms with Gasteiger partial charge in [-0.25, -0.2) is 9.18 Å². The number of aliphatic carboxylic acids is 1. The van der Waals surface area contributed by atoms with Gasteiger partial charge in [-0.3, -0.25) is 4.79 Å². The van der Waals surface area contributed by atoms with Crippen LogP contribution in [-0.4, -0.2) is 41.6 Å². The molecule has 0 aliphatic carbocycles. The first kappa shape index (κ1) is 15.3. The quantitative estimate of drug-likeness (QED) is 0.890. The van der Waals surface area contributed by atoms with Crippen LogP contribution in [0.3, 0.4) is 0 Å². The normalized spacial score (nSPS) is 15.8. The van der Waals surface area contributed by atoms with Crippen LogP contribution in [0.15, 0.2) is 24.3 Å². The number of amides is 2. The van der Waals surface area contributed by atoms with Crippen molar-refractivity contribution in [3.8, 4) is 0 Å². The summed E-state index contributed by atoms with van der Waals surface area (Å²) in [4.78, 5) is 24.4. The lowest BCUT2D eigenvalue weighted by Gasteiger charge is -2.30. The molecule has 0 saturated carbocycles. The van der Waals surface area contributed by atoms with Gasteiger partial charge in [0, 0.05) is 19.6 Å². The van der Waals surface area contributed by atoms with Crippen molar-refractivity contribution in [1.29, 1.82) is 0 Å². The number of carboxylic acids is 1. The number of carbonyl (C=O) groups excluding carboxylic acids is 1. The Kier molecular flexibility index (Phi) is 5.14. The van der Waals surface area contributed by atoms with Crippen LogP contribution in [0.1, 0.15) is 18.4 Å². The number of nitrogens with zero attached hydrogens (tertiary/aromatic N) is 1. The van der Waals surface area contributed by atoms with E-state index in [1.165, 1.54) is 12.1 Å². The van der Waals surface area contributed by atoms with E-state index in [0.29, 0.717) is 38.9 Å². The molecule has 2 N–H and O–H groups in total. The van der Waals surface area contributed by atoms with Gasteiger partial charge in [-0.15, -0.1) is 0 Å². The standard InChI is InChI=1S/C15H19FN2O3/c16-13-3-1-2-11(10-13)4-7-17-15(21)18-8-5-12(6-9-18)14(19)20/h1-3,10,12H,4-9H2,(H,17,21)(H,19,20). The molecule has 0 unspecified atom stereocenters. The summed E-state index contributed by atoms with van der Waals surface area (Å²) in [6, 6.07) is 6.10. The molecular formula is C15H19FN2O3. The van der Waals surface area contributed by atoms with Crippen molar-refractivity contribution in [2.24, 2.45) is 5.92 Å². The molecule has 1 aromatic rings. The Labute approximate surface area is 122 Å². The molecule has 21 heavy (non-hydrogen) atoms. The first-order valence-corrected chi connectivity index (χ1v) is 7.06. The summed E-state index contributed by atoms with van der Waals surface area (Å²) in [7, 11) is 0. The molecule has 2 amide bonds. The largest absolute Gasteiger partial charge is 0.481 e. The van der Waals surface area contributed by atoms with Crippen molar-refractivity contribution in [2.75, 3.05) is 19.6 Å². The second kappa shape index (κ2) is 7.06. The fourth-order valence-electron chi connectivity index (χ4n) is 2.45. The Morgan fingerprint density at radius 2 is 2.05 bits per heavy atom. The van der Waals surface area contributed by atoms with Crippen molar-refractivity contribution in [1.82, 2.24) is 10.2 Å². The van der Waals surface area contributed by atoms with E-state index in [0.717, 1.165) is 5.56 Å². The monoisotopic (exact) mass is 294 g/mol. The molecule has 114 valence electrons. The van der Waals surface area contributed by atoms with Crippen LogP contribution >= 0.6 is 0 Å². The van der Waals surface area contributed by atoms with E-state index >= 15 is 0 Å². The predicted octanol–water partition coefficient (Wildman–Crippen LogP) is 1.87. The molecule has 1 saturated heterocycles. The lowest BCUT2D eigenvalue weighted by Crippen LogP contribution is -2.45. The molecule has 0 spiro atoms. The fourth-order valence-corrected chi connectivity index (χ4v) is 2.45. The summed E-state index contributed by atoms with van der Waals surface area (Å²) in [5.74, 6) is -1.42. The average molecular weight is 294 g/mol. The highest BCUT2D eigenvalue weighted by Gasteiger charge is 2.26. The van der Waals surface area contributed by atoms with Gasteiger partial charge >= 0.3 is 12.0 Å². The third-order valence-electron chi connectivity index (χ3n) is 3.71. The van der Waals surface area contributed by atoms with Gasteiger partial charge in [0.2, 0.25) is 0 Å². The topological polar surface area (TPSA) is 69.6 Å². The number of hydrogen-bond donors (Lipinski definition) is 2. The van der Waals surface area contributed by atoms with Crippen molar-refractivity contribution in [2.45, 2.75) is 19.3 Å². The van der Waals surface area contributed by atoms with E-state index in [4.69, 9.17) is 5.11 Å². The minimum Gasteiger partial charge on any atom is -0.481 e. The van der Waals surface area contributed by atoms with Gasteiger partial charge in [-0.2, -0.15) is 0 Å². The Morgan fingerprint density at radius 3 is 2.67 bits per heavy atom. The highest BCUT2D eigenvalue weighted by Crippen LogP contribution is 2.17. The van der Waals surface area contributed by atoms with E-state index in [9.17, 15) is 14.0 Å². The molecule has 0 bridgehead atoms. The van der Waals surface area contributed by atoms with Crippen molar-refractivity contribution < 1.29 is 19.1 Å². The van der Waals surface area contributed by atoms with Gasteiger partial charge in [0.05, 0.1) is 5.92 Å². The number of halogens is 1. The maximum absolute atomic E-state index is 13.0. The molecule has 1 aliphatic heterocycles. The SMILES string of the molecule is O=C(O)C1CCN(C(=O)NCCc2cccc(F)c2)CC1.